The summed E-state index contributed by atoms with van der Waals surface area (Å²) < 4.78 is 11.6. The summed E-state index contributed by atoms with van der Waals surface area (Å²) in [6.07, 6.45) is -0.461. The molecule has 0 radical (unpaired) electrons. The molecule has 7 nitrogen and oxygen atoms in total. The zero-order valence-corrected chi connectivity index (χ0v) is 17.9. The predicted molar refractivity (Wildman–Crippen MR) is 102 cm³/mol. The summed E-state index contributed by atoms with van der Waals surface area (Å²) in [5.74, 6) is -1.78. The lowest BCUT2D eigenvalue weighted by molar-refractivity contribution is -0.230. The fraction of sp³-hybridized carbons (Fsp3) is 0.955. The molecular weight excluding hydrogens is 376 g/mol. The molecule has 0 unspecified atom stereocenters. The molecule has 1 aliphatic heterocycles. The highest BCUT2D eigenvalue weighted by Crippen LogP contribution is 2.73. The number of ether oxygens (including phenoxy) is 2. The molecule has 1 heterocycles. The van der Waals surface area contributed by atoms with Crippen molar-refractivity contribution in [1.29, 1.82) is 0 Å². The van der Waals surface area contributed by atoms with E-state index < -0.39 is 51.7 Å². The van der Waals surface area contributed by atoms with Crippen molar-refractivity contribution in [1.82, 2.24) is 0 Å². The number of rotatable bonds is 1. The van der Waals surface area contributed by atoms with E-state index in [1.165, 1.54) is 6.92 Å². The number of carbonyl (C=O) groups is 1. The molecule has 5 rings (SSSR count). The Morgan fingerprint density at radius 1 is 1.10 bits per heavy atom. The average Bonchev–Trinajstić information content (AvgIpc) is 3.29. The Morgan fingerprint density at radius 3 is 2.38 bits per heavy atom. The van der Waals surface area contributed by atoms with Crippen LogP contribution in [0, 0.1) is 28.6 Å². The molecule has 2 bridgehead atoms. The molecule has 0 aromatic rings. The lowest BCUT2D eigenvalue weighted by atomic mass is 9.57. The Labute approximate surface area is 171 Å². The van der Waals surface area contributed by atoms with Gasteiger partial charge in [0.1, 0.15) is 11.7 Å². The number of aliphatic hydroxyl groups is 4. The molecule has 0 amide bonds. The van der Waals surface area contributed by atoms with Gasteiger partial charge in [-0.05, 0) is 45.4 Å². The van der Waals surface area contributed by atoms with Gasteiger partial charge < -0.3 is 29.9 Å². The Kier molecular flexibility index (Phi) is 3.73. The molecule has 164 valence electrons. The summed E-state index contributed by atoms with van der Waals surface area (Å²) in [5.41, 5.74) is -5.48. The molecule has 0 aromatic carbocycles. The topological polar surface area (TPSA) is 120 Å². The van der Waals surface area contributed by atoms with Crippen LogP contribution in [0.25, 0.3) is 0 Å². The first-order chi connectivity index (χ1) is 13.2. The molecule has 4 saturated carbocycles. The van der Waals surface area contributed by atoms with E-state index in [1.807, 2.05) is 13.8 Å². The zero-order valence-electron chi connectivity index (χ0n) is 17.9. The van der Waals surface area contributed by atoms with Gasteiger partial charge in [0.05, 0.1) is 29.5 Å². The smallest absolute Gasteiger partial charge is 0.303 e. The fourth-order valence-electron chi connectivity index (χ4n) is 8.56. The van der Waals surface area contributed by atoms with Gasteiger partial charge in [0, 0.05) is 29.6 Å². The van der Waals surface area contributed by atoms with Crippen LogP contribution in [0.2, 0.25) is 0 Å². The number of hydrogen-bond donors (Lipinski definition) is 4. The molecule has 5 fully saturated rings. The lowest BCUT2D eigenvalue weighted by Gasteiger charge is -2.51. The highest BCUT2D eigenvalue weighted by atomic mass is 16.6. The van der Waals surface area contributed by atoms with Crippen LogP contribution in [0.15, 0.2) is 0 Å². The molecule has 1 saturated heterocycles. The highest BCUT2D eigenvalue weighted by Gasteiger charge is 2.83. The monoisotopic (exact) mass is 410 g/mol. The largest absolute Gasteiger partial charge is 0.459 e. The Morgan fingerprint density at radius 2 is 1.76 bits per heavy atom. The number of epoxide rings is 1. The minimum Gasteiger partial charge on any atom is -0.459 e. The molecule has 5 aliphatic rings. The van der Waals surface area contributed by atoms with Crippen LogP contribution in [-0.2, 0) is 14.3 Å². The molecule has 1 spiro atoms. The third-order valence-corrected chi connectivity index (χ3v) is 9.69. The number of hydrogen-bond acceptors (Lipinski definition) is 7. The van der Waals surface area contributed by atoms with Gasteiger partial charge in [-0.25, -0.2) is 0 Å². The minimum atomic E-state index is -1.49. The van der Waals surface area contributed by atoms with E-state index in [0.29, 0.717) is 19.3 Å². The summed E-state index contributed by atoms with van der Waals surface area (Å²) in [4.78, 5) is 12.1. The van der Waals surface area contributed by atoms with Crippen molar-refractivity contribution in [3.05, 3.63) is 0 Å². The first kappa shape index (κ1) is 20.2. The maximum absolute atomic E-state index is 12.2. The fourth-order valence-corrected chi connectivity index (χ4v) is 8.56. The predicted octanol–water partition coefficient (Wildman–Crippen LogP) is 0.755. The van der Waals surface area contributed by atoms with Crippen molar-refractivity contribution in [3.63, 3.8) is 0 Å². The van der Waals surface area contributed by atoms with Crippen molar-refractivity contribution in [2.75, 3.05) is 0 Å². The second kappa shape index (κ2) is 5.36. The first-order valence-electron chi connectivity index (χ1n) is 10.9. The van der Waals surface area contributed by atoms with Crippen LogP contribution in [0.5, 0.6) is 0 Å². The molecule has 29 heavy (non-hydrogen) atoms. The lowest BCUT2D eigenvalue weighted by Crippen LogP contribution is -2.63. The van der Waals surface area contributed by atoms with E-state index in [4.69, 9.17) is 9.47 Å². The molecule has 11 atom stereocenters. The summed E-state index contributed by atoms with van der Waals surface area (Å²) in [7, 11) is 0. The second-order valence-electron chi connectivity index (χ2n) is 11.5. The number of esters is 1. The second-order valence-corrected chi connectivity index (χ2v) is 11.5. The summed E-state index contributed by atoms with van der Waals surface area (Å²) in [5, 5.41) is 46.6. The van der Waals surface area contributed by atoms with Gasteiger partial charge in [0.2, 0.25) is 0 Å². The average molecular weight is 411 g/mol. The highest BCUT2D eigenvalue weighted by molar-refractivity contribution is 5.66. The minimum absolute atomic E-state index is 0.205. The van der Waals surface area contributed by atoms with Crippen LogP contribution < -0.4 is 0 Å². The Bertz CT molecular complexity index is 760. The van der Waals surface area contributed by atoms with E-state index in [2.05, 4.69) is 0 Å². The normalized spacial score (nSPS) is 61.9. The molecule has 4 aliphatic carbocycles. The quantitative estimate of drug-likeness (QED) is 0.372. The third-order valence-electron chi connectivity index (χ3n) is 9.69. The standard InChI is InChI=1S/C22H34O7/c1-10(23)28-13-8-21-9-19(4,25)11(16(21)24)6-7-12(21)20(5,26)15-14-17(29-14)18(2,3)22(13,15)27/h11-17,24-27H,6-9H2,1-5H3/t11-,12+,13-,14-,15+,16-,17-,19+,20-,21+,22-/m1/s1. The van der Waals surface area contributed by atoms with E-state index in [-0.39, 0.29) is 30.5 Å². The number of fused-ring (bicyclic) bond motifs is 4. The summed E-state index contributed by atoms with van der Waals surface area (Å²) in [6, 6.07) is 0. The van der Waals surface area contributed by atoms with E-state index in [0.717, 1.165) is 0 Å². The van der Waals surface area contributed by atoms with E-state index in [9.17, 15) is 25.2 Å². The van der Waals surface area contributed by atoms with Gasteiger partial charge in [-0.1, -0.05) is 13.8 Å². The van der Waals surface area contributed by atoms with Crippen LogP contribution in [-0.4, -0.2) is 67.6 Å². The SMILES string of the molecule is CC(=O)O[C@@H]1C[C@]23C[C@](C)(O)[C@H](CC[C@H]2[C@@](C)(O)[C@@H]2[C@H]4O[C@H]4C(C)(C)[C@@]12O)[C@H]3O. The van der Waals surface area contributed by atoms with Gasteiger partial charge in [-0.15, -0.1) is 0 Å². The van der Waals surface area contributed by atoms with E-state index >= 15 is 0 Å². The van der Waals surface area contributed by atoms with Crippen LogP contribution in [0.3, 0.4) is 0 Å². The van der Waals surface area contributed by atoms with Crippen LogP contribution >= 0.6 is 0 Å². The van der Waals surface area contributed by atoms with Crippen molar-refractivity contribution >= 4 is 5.97 Å². The van der Waals surface area contributed by atoms with Crippen LogP contribution in [0.1, 0.15) is 60.3 Å². The summed E-state index contributed by atoms with van der Waals surface area (Å²) >= 11 is 0. The van der Waals surface area contributed by atoms with Crippen LogP contribution in [0.4, 0.5) is 0 Å². The summed E-state index contributed by atoms with van der Waals surface area (Å²) in [6.45, 7) is 8.62. The maximum Gasteiger partial charge on any atom is 0.303 e. The van der Waals surface area contributed by atoms with E-state index in [1.54, 1.807) is 13.8 Å². The van der Waals surface area contributed by atoms with Gasteiger partial charge in [0.15, 0.2) is 0 Å². The molecule has 4 N–H and O–H groups in total. The van der Waals surface area contributed by atoms with Crippen molar-refractivity contribution in [2.45, 2.75) is 102 Å². The van der Waals surface area contributed by atoms with Gasteiger partial charge in [0.25, 0.3) is 0 Å². The zero-order chi connectivity index (χ0) is 21.4. The van der Waals surface area contributed by atoms with Crippen molar-refractivity contribution in [3.8, 4) is 0 Å². The van der Waals surface area contributed by atoms with Crippen molar-refractivity contribution in [2.24, 2.45) is 28.6 Å². The van der Waals surface area contributed by atoms with Gasteiger partial charge >= 0.3 is 5.97 Å². The molecule has 0 aromatic heterocycles. The number of aliphatic hydroxyl groups excluding tert-OH is 1. The van der Waals surface area contributed by atoms with Gasteiger partial charge in [-0.3, -0.25) is 4.79 Å². The Hall–Kier alpha value is -0.730. The molecular formula is C22H34O7. The molecule has 7 heteroatoms. The number of carbonyl (C=O) groups excluding carboxylic acids is 1. The van der Waals surface area contributed by atoms with Crippen molar-refractivity contribution < 1.29 is 34.7 Å². The Balaban J connectivity index is 1.71. The first-order valence-corrected chi connectivity index (χ1v) is 10.9. The third kappa shape index (κ3) is 2.14. The maximum atomic E-state index is 12.2. The van der Waals surface area contributed by atoms with Gasteiger partial charge in [-0.2, -0.15) is 0 Å².